The van der Waals surface area contributed by atoms with Gasteiger partial charge in [-0.05, 0) is 48.7 Å². The molecule has 138 valence electrons. The average Bonchev–Trinajstić information content (AvgIpc) is 2.84. The van der Waals surface area contributed by atoms with Crippen LogP contribution in [-0.4, -0.2) is 25.1 Å². The number of aryl methyl sites for hydroxylation is 3. The van der Waals surface area contributed by atoms with Crippen LogP contribution in [-0.2, 0) is 16.9 Å². The molecule has 0 aliphatic carbocycles. The minimum Gasteiger partial charge on any atom is -0.364 e. The van der Waals surface area contributed by atoms with E-state index in [0.717, 1.165) is 22.0 Å². The van der Waals surface area contributed by atoms with Crippen molar-refractivity contribution in [2.24, 2.45) is 12.8 Å². The quantitative estimate of drug-likeness (QED) is 0.741. The van der Waals surface area contributed by atoms with E-state index in [2.05, 4.69) is 0 Å². The van der Waals surface area contributed by atoms with Gasteiger partial charge in [0.05, 0.1) is 4.90 Å². The third-order valence-electron chi connectivity index (χ3n) is 4.68. The van der Waals surface area contributed by atoms with Gasteiger partial charge < -0.3 is 10.3 Å². The monoisotopic (exact) mass is 392 g/mol. The predicted molar refractivity (Wildman–Crippen MR) is 107 cm³/mol. The number of hydrogen-bond donors (Lipinski definition) is 1. The summed E-state index contributed by atoms with van der Waals surface area (Å²) < 4.78 is 25.6. The van der Waals surface area contributed by atoms with Crippen molar-refractivity contribution in [3.8, 4) is 11.1 Å². The molecular weight excluding hydrogens is 372 g/mol. The molecule has 0 aliphatic rings. The molecule has 26 heavy (non-hydrogen) atoms. The molecule has 0 bridgehead atoms. The zero-order valence-electron chi connectivity index (χ0n) is 15.0. The maximum absolute atomic E-state index is 12.1. The fourth-order valence-corrected chi connectivity index (χ4v) is 3.92. The number of fused-ring (bicyclic) bond motifs is 1. The molecule has 0 spiro atoms. The number of benzene rings is 2. The fourth-order valence-electron chi connectivity index (χ4n) is 3.25. The third kappa shape index (κ3) is 3.10. The van der Waals surface area contributed by atoms with E-state index in [0.29, 0.717) is 16.8 Å². The Morgan fingerprint density at radius 1 is 1.12 bits per heavy atom. The van der Waals surface area contributed by atoms with Crippen molar-refractivity contribution in [2.45, 2.75) is 18.7 Å². The molecule has 1 amide bonds. The number of rotatable bonds is 3. The maximum Gasteiger partial charge on any atom is 0.266 e. The van der Waals surface area contributed by atoms with E-state index in [4.69, 9.17) is 5.73 Å². The van der Waals surface area contributed by atoms with Gasteiger partial charge in [0.1, 0.15) is 5.69 Å². The molecule has 7 heteroatoms. The molecule has 0 saturated heterocycles. The van der Waals surface area contributed by atoms with Gasteiger partial charge in [-0.15, -0.1) is 12.4 Å². The van der Waals surface area contributed by atoms with E-state index in [1.165, 1.54) is 6.26 Å². The second kappa shape index (κ2) is 6.78. The Bertz CT molecular complexity index is 1130. The number of hydrogen-bond acceptors (Lipinski definition) is 3. The van der Waals surface area contributed by atoms with Crippen LogP contribution < -0.4 is 5.73 Å². The number of nitrogens with zero attached hydrogens (tertiary/aromatic N) is 1. The number of nitrogens with two attached hydrogens (primary N) is 1. The highest BCUT2D eigenvalue weighted by Crippen LogP contribution is 2.38. The highest BCUT2D eigenvalue weighted by Gasteiger charge is 2.23. The van der Waals surface area contributed by atoms with Crippen molar-refractivity contribution in [1.82, 2.24) is 4.57 Å². The molecule has 0 saturated carbocycles. The summed E-state index contributed by atoms with van der Waals surface area (Å²) in [5.41, 5.74) is 10.4. The molecule has 1 aromatic heterocycles. The number of sulfone groups is 1. The van der Waals surface area contributed by atoms with Crippen molar-refractivity contribution >= 4 is 39.1 Å². The summed E-state index contributed by atoms with van der Waals surface area (Å²) in [6.07, 6.45) is 1.17. The van der Waals surface area contributed by atoms with Gasteiger partial charge in [-0.3, -0.25) is 4.79 Å². The molecule has 5 nitrogen and oxygen atoms in total. The van der Waals surface area contributed by atoms with Gasteiger partial charge in [-0.1, -0.05) is 18.2 Å². The number of primary amides is 1. The van der Waals surface area contributed by atoms with Gasteiger partial charge in [0, 0.05) is 29.8 Å². The zero-order chi connectivity index (χ0) is 18.5. The van der Waals surface area contributed by atoms with Crippen molar-refractivity contribution in [3.05, 3.63) is 53.2 Å². The van der Waals surface area contributed by atoms with Gasteiger partial charge in [0.15, 0.2) is 9.84 Å². The smallest absolute Gasteiger partial charge is 0.266 e. The molecule has 0 radical (unpaired) electrons. The van der Waals surface area contributed by atoms with Crippen molar-refractivity contribution in [1.29, 1.82) is 0 Å². The standard InChI is InChI=1S/C19H20N2O3S.ClH/c1-11-8-9-15-16(12(11)2)17(18(19(20)22)21(15)3)13-6-5-7-14(10-13)25(4,23)24;/h5-10H,1-4H3,(H2,20,22);1H. The molecule has 3 rings (SSSR count). The van der Waals surface area contributed by atoms with Crippen molar-refractivity contribution < 1.29 is 13.2 Å². The Morgan fingerprint density at radius 3 is 2.35 bits per heavy atom. The van der Waals surface area contributed by atoms with Crippen LogP contribution >= 0.6 is 12.4 Å². The summed E-state index contributed by atoms with van der Waals surface area (Å²) in [7, 11) is -1.56. The Morgan fingerprint density at radius 2 is 1.77 bits per heavy atom. The van der Waals surface area contributed by atoms with E-state index in [1.807, 2.05) is 26.0 Å². The van der Waals surface area contributed by atoms with E-state index >= 15 is 0 Å². The van der Waals surface area contributed by atoms with E-state index in [9.17, 15) is 13.2 Å². The number of halogens is 1. The molecule has 2 N–H and O–H groups in total. The minimum atomic E-state index is -3.35. The molecule has 1 heterocycles. The average molecular weight is 393 g/mol. The van der Waals surface area contributed by atoms with Crippen LogP contribution in [0.2, 0.25) is 0 Å². The summed E-state index contributed by atoms with van der Waals surface area (Å²) in [6.45, 7) is 3.99. The Labute approximate surface area is 159 Å². The highest BCUT2D eigenvalue weighted by atomic mass is 35.5. The second-order valence-corrected chi connectivity index (χ2v) is 8.36. The number of carbonyl (C=O) groups is 1. The summed E-state index contributed by atoms with van der Waals surface area (Å²) >= 11 is 0. The molecule has 0 fully saturated rings. The Balaban J connectivity index is 0.00000243. The second-order valence-electron chi connectivity index (χ2n) is 6.35. The van der Waals surface area contributed by atoms with Gasteiger partial charge >= 0.3 is 0 Å². The van der Waals surface area contributed by atoms with Crippen molar-refractivity contribution in [3.63, 3.8) is 0 Å². The summed E-state index contributed by atoms with van der Waals surface area (Å²) in [6, 6.07) is 10.6. The van der Waals surface area contributed by atoms with E-state index < -0.39 is 15.7 Å². The lowest BCUT2D eigenvalue weighted by molar-refractivity contribution is 0.0993. The first-order valence-electron chi connectivity index (χ1n) is 7.81. The number of amides is 1. The zero-order valence-corrected chi connectivity index (χ0v) is 16.7. The lowest BCUT2D eigenvalue weighted by atomic mass is 9.96. The lowest BCUT2D eigenvalue weighted by Crippen LogP contribution is -2.16. The lowest BCUT2D eigenvalue weighted by Gasteiger charge is -2.08. The molecule has 3 aromatic rings. The van der Waals surface area contributed by atoms with Gasteiger partial charge in [0.2, 0.25) is 0 Å². The molecule has 0 unspecified atom stereocenters. The van der Waals surface area contributed by atoms with Crippen LogP contribution in [0.5, 0.6) is 0 Å². The first-order chi connectivity index (χ1) is 11.6. The topological polar surface area (TPSA) is 82.2 Å². The third-order valence-corrected chi connectivity index (χ3v) is 5.79. The van der Waals surface area contributed by atoms with Gasteiger partial charge in [-0.25, -0.2) is 8.42 Å². The molecule has 0 atom stereocenters. The van der Waals surface area contributed by atoms with Crippen LogP contribution in [0, 0.1) is 13.8 Å². The SMILES string of the molecule is Cc1ccc2c(c1C)c(-c1cccc(S(C)(=O)=O)c1)c(C(N)=O)n2C.Cl. The first kappa shape index (κ1) is 20.0. The summed E-state index contributed by atoms with van der Waals surface area (Å²) in [4.78, 5) is 12.4. The molecule has 2 aromatic carbocycles. The fraction of sp³-hybridized carbons (Fsp3) is 0.211. The van der Waals surface area contributed by atoms with Crippen LogP contribution in [0.15, 0.2) is 41.3 Å². The van der Waals surface area contributed by atoms with Gasteiger partial charge in [0.25, 0.3) is 5.91 Å². The normalized spacial score (nSPS) is 11.4. The van der Waals surface area contributed by atoms with Crippen molar-refractivity contribution in [2.75, 3.05) is 6.26 Å². The summed E-state index contributed by atoms with van der Waals surface area (Å²) in [5, 5.41) is 0.918. The van der Waals surface area contributed by atoms with Crippen LogP contribution in [0.4, 0.5) is 0 Å². The van der Waals surface area contributed by atoms with Crippen LogP contribution in [0.3, 0.4) is 0 Å². The van der Waals surface area contributed by atoms with E-state index in [-0.39, 0.29) is 17.3 Å². The van der Waals surface area contributed by atoms with Crippen LogP contribution in [0.1, 0.15) is 21.6 Å². The van der Waals surface area contributed by atoms with Gasteiger partial charge in [-0.2, -0.15) is 0 Å². The minimum absolute atomic E-state index is 0. The Hall–Kier alpha value is -2.31. The first-order valence-corrected chi connectivity index (χ1v) is 9.71. The largest absolute Gasteiger partial charge is 0.364 e. The number of aromatic nitrogens is 1. The van der Waals surface area contributed by atoms with E-state index in [1.54, 1.807) is 35.9 Å². The Kier molecular flexibility index (Phi) is 5.21. The number of carbonyl (C=O) groups excluding carboxylic acids is 1. The predicted octanol–water partition coefficient (Wildman–Crippen LogP) is 3.39. The summed E-state index contributed by atoms with van der Waals surface area (Å²) in [5.74, 6) is -0.546. The molecular formula is C19H21ClN2O3S. The molecule has 0 aliphatic heterocycles. The maximum atomic E-state index is 12.1. The van der Waals surface area contributed by atoms with Crippen LogP contribution in [0.25, 0.3) is 22.0 Å². The highest BCUT2D eigenvalue weighted by molar-refractivity contribution is 7.90.